The summed E-state index contributed by atoms with van der Waals surface area (Å²) in [5.74, 6) is 0.745. The van der Waals surface area contributed by atoms with Crippen LogP contribution in [0, 0.1) is 5.82 Å². The van der Waals surface area contributed by atoms with Crippen molar-refractivity contribution >= 4 is 11.8 Å². The largest absolute Gasteiger partial charge is 0.327 e. The van der Waals surface area contributed by atoms with Crippen LogP contribution in [0.15, 0.2) is 24.3 Å². The van der Waals surface area contributed by atoms with Gasteiger partial charge in [0.1, 0.15) is 5.82 Å². The Morgan fingerprint density at radius 2 is 2.06 bits per heavy atom. The lowest BCUT2D eigenvalue weighted by molar-refractivity contribution is 0.597. The average molecular weight is 241 g/mol. The molecule has 1 rings (SSSR count). The fourth-order valence-corrected chi connectivity index (χ4v) is 2.34. The summed E-state index contributed by atoms with van der Waals surface area (Å²) in [6, 6.07) is 6.90. The first-order valence-electron chi connectivity index (χ1n) is 5.74. The van der Waals surface area contributed by atoms with E-state index < -0.39 is 0 Å². The van der Waals surface area contributed by atoms with Gasteiger partial charge in [-0.3, -0.25) is 0 Å². The minimum Gasteiger partial charge on any atom is -0.327 e. The molecule has 2 atom stereocenters. The SMILES string of the molecule is CCC(C)SCC(N)Cc1ccccc1F. The van der Waals surface area contributed by atoms with Gasteiger partial charge in [0.2, 0.25) is 0 Å². The van der Waals surface area contributed by atoms with Crippen LogP contribution in [0.5, 0.6) is 0 Å². The molecule has 0 fully saturated rings. The first kappa shape index (κ1) is 13.5. The standard InChI is InChI=1S/C13H20FNS/c1-3-10(2)16-9-12(15)8-11-6-4-5-7-13(11)14/h4-7,10,12H,3,8-9,15H2,1-2H3. The molecule has 2 unspecified atom stereocenters. The number of halogens is 1. The Morgan fingerprint density at radius 3 is 2.69 bits per heavy atom. The van der Waals surface area contributed by atoms with Gasteiger partial charge in [-0.05, 0) is 24.5 Å². The lowest BCUT2D eigenvalue weighted by Gasteiger charge is -2.14. The van der Waals surface area contributed by atoms with Crippen molar-refractivity contribution in [1.82, 2.24) is 0 Å². The molecule has 1 nitrogen and oxygen atoms in total. The highest BCUT2D eigenvalue weighted by molar-refractivity contribution is 7.99. The lowest BCUT2D eigenvalue weighted by atomic mass is 10.1. The first-order valence-corrected chi connectivity index (χ1v) is 6.79. The molecule has 0 bridgehead atoms. The predicted molar refractivity (Wildman–Crippen MR) is 70.3 cm³/mol. The van der Waals surface area contributed by atoms with Crippen LogP contribution < -0.4 is 5.73 Å². The molecule has 16 heavy (non-hydrogen) atoms. The molecular weight excluding hydrogens is 221 g/mol. The fraction of sp³-hybridized carbons (Fsp3) is 0.538. The third kappa shape index (κ3) is 4.54. The van der Waals surface area contributed by atoms with E-state index in [4.69, 9.17) is 5.73 Å². The number of hydrogen-bond donors (Lipinski definition) is 1. The molecule has 0 saturated heterocycles. The van der Waals surface area contributed by atoms with Crippen LogP contribution >= 0.6 is 11.8 Å². The molecule has 0 saturated carbocycles. The van der Waals surface area contributed by atoms with Crippen molar-refractivity contribution in [3.63, 3.8) is 0 Å². The molecule has 1 aromatic carbocycles. The molecule has 0 aliphatic carbocycles. The summed E-state index contributed by atoms with van der Waals surface area (Å²) < 4.78 is 13.4. The second-order valence-electron chi connectivity index (χ2n) is 4.11. The van der Waals surface area contributed by atoms with Crippen molar-refractivity contribution in [1.29, 1.82) is 0 Å². The third-order valence-corrected chi connectivity index (χ3v) is 4.13. The monoisotopic (exact) mass is 241 g/mol. The fourth-order valence-electron chi connectivity index (χ4n) is 1.41. The lowest BCUT2D eigenvalue weighted by Crippen LogP contribution is -2.26. The van der Waals surface area contributed by atoms with Crippen molar-refractivity contribution < 1.29 is 4.39 Å². The van der Waals surface area contributed by atoms with Gasteiger partial charge in [-0.2, -0.15) is 11.8 Å². The van der Waals surface area contributed by atoms with Crippen LogP contribution in [0.3, 0.4) is 0 Å². The van der Waals surface area contributed by atoms with E-state index in [-0.39, 0.29) is 11.9 Å². The number of benzene rings is 1. The highest BCUT2D eigenvalue weighted by Crippen LogP contribution is 2.16. The maximum atomic E-state index is 13.4. The van der Waals surface area contributed by atoms with E-state index >= 15 is 0 Å². The smallest absolute Gasteiger partial charge is 0.126 e. The molecule has 0 aliphatic rings. The number of nitrogens with two attached hydrogens (primary N) is 1. The Morgan fingerprint density at radius 1 is 1.38 bits per heavy atom. The van der Waals surface area contributed by atoms with Gasteiger partial charge in [-0.15, -0.1) is 0 Å². The predicted octanol–water partition coefficient (Wildman–Crippen LogP) is 3.23. The first-order chi connectivity index (χ1) is 7.63. The zero-order valence-electron chi connectivity index (χ0n) is 9.95. The molecule has 90 valence electrons. The second-order valence-corrected chi connectivity index (χ2v) is 5.58. The Labute approximate surface area is 102 Å². The van der Waals surface area contributed by atoms with E-state index in [1.807, 2.05) is 23.9 Å². The Kier molecular flexibility index (Phi) is 5.85. The van der Waals surface area contributed by atoms with Gasteiger partial charge in [0.15, 0.2) is 0 Å². The van der Waals surface area contributed by atoms with E-state index in [0.717, 1.165) is 17.7 Å². The molecule has 0 radical (unpaired) electrons. The van der Waals surface area contributed by atoms with Crippen molar-refractivity contribution in [3.05, 3.63) is 35.6 Å². The molecule has 0 amide bonds. The topological polar surface area (TPSA) is 26.0 Å². The van der Waals surface area contributed by atoms with E-state index in [0.29, 0.717) is 11.7 Å². The minimum atomic E-state index is -0.147. The summed E-state index contributed by atoms with van der Waals surface area (Å²) in [4.78, 5) is 0. The average Bonchev–Trinajstić information content (AvgIpc) is 2.29. The highest BCUT2D eigenvalue weighted by Gasteiger charge is 2.09. The van der Waals surface area contributed by atoms with Crippen molar-refractivity contribution in [3.8, 4) is 0 Å². The van der Waals surface area contributed by atoms with Crippen LogP contribution in [0.2, 0.25) is 0 Å². The molecule has 0 aliphatic heterocycles. The van der Waals surface area contributed by atoms with Crippen LogP contribution in [0.4, 0.5) is 4.39 Å². The normalized spacial score (nSPS) is 14.8. The van der Waals surface area contributed by atoms with Gasteiger partial charge in [0.05, 0.1) is 0 Å². The van der Waals surface area contributed by atoms with Crippen molar-refractivity contribution in [2.24, 2.45) is 5.73 Å². The quantitative estimate of drug-likeness (QED) is 0.827. The summed E-state index contributed by atoms with van der Waals surface area (Å²) in [6.07, 6.45) is 1.77. The number of rotatable bonds is 6. The minimum absolute atomic E-state index is 0.0379. The highest BCUT2D eigenvalue weighted by atomic mass is 32.2. The van der Waals surface area contributed by atoms with E-state index in [2.05, 4.69) is 13.8 Å². The van der Waals surface area contributed by atoms with Gasteiger partial charge >= 0.3 is 0 Å². The Balaban J connectivity index is 2.40. The second kappa shape index (κ2) is 6.92. The summed E-state index contributed by atoms with van der Waals surface area (Å²) in [6.45, 7) is 4.36. The van der Waals surface area contributed by atoms with Gasteiger partial charge in [-0.25, -0.2) is 4.39 Å². The number of hydrogen-bond acceptors (Lipinski definition) is 2. The van der Waals surface area contributed by atoms with E-state index in [1.54, 1.807) is 6.07 Å². The molecule has 0 heterocycles. The Hall–Kier alpha value is -0.540. The molecular formula is C13H20FNS. The van der Waals surface area contributed by atoms with Crippen molar-refractivity contribution in [2.75, 3.05) is 5.75 Å². The molecule has 0 aromatic heterocycles. The van der Waals surface area contributed by atoms with Crippen molar-refractivity contribution in [2.45, 2.75) is 38.0 Å². The summed E-state index contributed by atoms with van der Waals surface area (Å²) >= 11 is 1.86. The zero-order valence-corrected chi connectivity index (χ0v) is 10.8. The van der Waals surface area contributed by atoms with Gasteiger partial charge in [-0.1, -0.05) is 32.0 Å². The van der Waals surface area contributed by atoms with Gasteiger partial charge in [0.25, 0.3) is 0 Å². The maximum absolute atomic E-state index is 13.4. The summed E-state index contributed by atoms with van der Waals surface area (Å²) in [7, 11) is 0. The van der Waals surface area contributed by atoms with E-state index in [1.165, 1.54) is 6.07 Å². The molecule has 1 aromatic rings. The Bertz CT molecular complexity index is 317. The van der Waals surface area contributed by atoms with Crippen LogP contribution in [0.25, 0.3) is 0 Å². The van der Waals surface area contributed by atoms with Crippen LogP contribution in [-0.4, -0.2) is 17.0 Å². The molecule has 3 heteroatoms. The van der Waals surface area contributed by atoms with Gasteiger partial charge < -0.3 is 5.73 Å². The molecule has 2 N–H and O–H groups in total. The van der Waals surface area contributed by atoms with Gasteiger partial charge in [0, 0.05) is 17.0 Å². The summed E-state index contributed by atoms with van der Waals surface area (Å²) in [5.41, 5.74) is 6.71. The maximum Gasteiger partial charge on any atom is 0.126 e. The summed E-state index contributed by atoms with van der Waals surface area (Å²) in [5, 5.41) is 0.631. The van der Waals surface area contributed by atoms with Crippen LogP contribution in [-0.2, 0) is 6.42 Å². The zero-order chi connectivity index (χ0) is 12.0. The number of thioether (sulfide) groups is 1. The van der Waals surface area contributed by atoms with E-state index in [9.17, 15) is 4.39 Å². The third-order valence-electron chi connectivity index (χ3n) is 2.61. The molecule has 0 spiro atoms. The van der Waals surface area contributed by atoms with Crippen LogP contribution in [0.1, 0.15) is 25.8 Å².